The number of para-hydroxylation sites is 1. The molecule has 106 valence electrons. The third kappa shape index (κ3) is 3.31. The minimum atomic E-state index is 0.929. The Labute approximate surface area is 128 Å². The van der Waals surface area contributed by atoms with Crippen LogP contribution < -0.4 is 0 Å². The van der Waals surface area contributed by atoms with E-state index in [4.69, 9.17) is 0 Å². The Morgan fingerprint density at radius 3 is 2.71 bits per heavy atom. The van der Waals surface area contributed by atoms with E-state index in [-0.39, 0.29) is 0 Å². The van der Waals surface area contributed by atoms with E-state index in [1.807, 2.05) is 41.2 Å². The third-order valence-electron chi connectivity index (χ3n) is 3.26. The minimum absolute atomic E-state index is 0.929. The Balaban J connectivity index is 1.70. The number of hydrogen-bond donors (Lipinski definition) is 0. The molecule has 0 saturated carbocycles. The second-order valence-electron chi connectivity index (χ2n) is 4.72. The highest BCUT2D eigenvalue weighted by Gasteiger charge is 2.08. The van der Waals surface area contributed by atoms with Gasteiger partial charge in [0.1, 0.15) is 6.33 Å². The lowest BCUT2D eigenvalue weighted by Crippen LogP contribution is -1.98. The second-order valence-corrected chi connectivity index (χ2v) is 5.79. The summed E-state index contributed by atoms with van der Waals surface area (Å²) in [6, 6.07) is 12.4. The molecule has 3 rings (SSSR count). The van der Waals surface area contributed by atoms with Crippen molar-refractivity contribution in [3.8, 4) is 5.69 Å². The van der Waals surface area contributed by atoms with Crippen molar-refractivity contribution in [3.05, 3.63) is 66.2 Å². The summed E-state index contributed by atoms with van der Waals surface area (Å²) in [4.78, 5) is 4.03. The van der Waals surface area contributed by atoms with Crippen molar-refractivity contribution >= 4 is 11.8 Å². The molecule has 21 heavy (non-hydrogen) atoms. The Hall–Kier alpha value is -2.14. The van der Waals surface area contributed by atoms with Crippen LogP contribution in [0.15, 0.2) is 60.3 Å². The van der Waals surface area contributed by atoms with Gasteiger partial charge in [-0.3, -0.25) is 9.55 Å². The van der Waals surface area contributed by atoms with Crippen LogP contribution in [-0.2, 0) is 6.42 Å². The summed E-state index contributed by atoms with van der Waals surface area (Å²) in [5, 5.41) is 9.20. The summed E-state index contributed by atoms with van der Waals surface area (Å²) in [7, 11) is 0. The van der Waals surface area contributed by atoms with Gasteiger partial charge in [-0.2, -0.15) is 0 Å². The van der Waals surface area contributed by atoms with Crippen LogP contribution in [0.2, 0.25) is 0 Å². The molecule has 0 amide bonds. The van der Waals surface area contributed by atoms with Crippen molar-refractivity contribution in [1.82, 2.24) is 19.7 Å². The maximum Gasteiger partial charge on any atom is 0.195 e. The largest absolute Gasteiger partial charge is 0.276 e. The first-order valence-electron chi connectivity index (χ1n) is 6.82. The van der Waals surface area contributed by atoms with E-state index in [2.05, 4.69) is 34.2 Å². The van der Waals surface area contributed by atoms with E-state index in [1.165, 1.54) is 11.1 Å². The predicted octanol–water partition coefficient (Wildman–Crippen LogP) is 3.31. The zero-order valence-electron chi connectivity index (χ0n) is 11.8. The molecule has 0 atom stereocenters. The van der Waals surface area contributed by atoms with Crippen LogP contribution in [-0.4, -0.2) is 25.5 Å². The van der Waals surface area contributed by atoms with Crippen LogP contribution in [0.4, 0.5) is 0 Å². The molecule has 0 aliphatic heterocycles. The number of benzene rings is 1. The fourth-order valence-electron chi connectivity index (χ4n) is 2.13. The zero-order chi connectivity index (χ0) is 14.5. The highest BCUT2D eigenvalue weighted by molar-refractivity contribution is 7.99. The number of thioether (sulfide) groups is 1. The lowest BCUT2D eigenvalue weighted by Gasteiger charge is -2.08. The van der Waals surface area contributed by atoms with Gasteiger partial charge in [0.2, 0.25) is 0 Å². The summed E-state index contributed by atoms with van der Waals surface area (Å²) in [5.41, 5.74) is 3.64. The molecule has 2 heterocycles. The van der Waals surface area contributed by atoms with E-state index in [9.17, 15) is 0 Å². The van der Waals surface area contributed by atoms with Crippen LogP contribution in [0.3, 0.4) is 0 Å². The van der Waals surface area contributed by atoms with Gasteiger partial charge < -0.3 is 0 Å². The quantitative estimate of drug-likeness (QED) is 0.678. The fraction of sp³-hybridized carbons (Fsp3) is 0.188. The normalized spacial score (nSPS) is 10.7. The number of rotatable bonds is 5. The van der Waals surface area contributed by atoms with Gasteiger partial charge in [-0.15, -0.1) is 10.2 Å². The molecule has 0 unspecified atom stereocenters. The average Bonchev–Trinajstić information content (AvgIpc) is 2.97. The average molecular weight is 296 g/mol. The molecule has 0 aliphatic rings. The molecular weight excluding hydrogens is 280 g/mol. The number of aryl methyl sites for hydroxylation is 2. The van der Waals surface area contributed by atoms with Gasteiger partial charge in [0.15, 0.2) is 5.16 Å². The number of hydrogen-bond acceptors (Lipinski definition) is 4. The van der Waals surface area contributed by atoms with Crippen molar-refractivity contribution in [2.75, 3.05) is 5.75 Å². The summed E-state index contributed by atoms with van der Waals surface area (Å²) < 4.78 is 2.05. The fourth-order valence-corrected chi connectivity index (χ4v) is 3.04. The molecular formula is C16H16N4S. The Bertz CT molecular complexity index is 709. The monoisotopic (exact) mass is 296 g/mol. The van der Waals surface area contributed by atoms with Crippen LogP contribution in [0.5, 0.6) is 0 Å². The van der Waals surface area contributed by atoms with Crippen molar-refractivity contribution < 1.29 is 0 Å². The molecule has 5 heteroatoms. The van der Waals surface area contributed by atoms with Crippen LogP contribution in [0, 0.1) is 6.92 Å². The smallest absolute Gasteiger partial charge is 0.195 e. The molecule has 0 aliphatic carbocycles. The van der Waals surface area contributed by atoms with Crippen molar-refractivity contribution in [1.29, 1.82) is 0 Å². The molecule has 3 aromatic rings. The first-order chi connectivity index (χ1) is 10.3. The second kappa shape index (κ2) is 6.54. The molecule has 0 saturated heterocycles. The van der Waals surface area contributed by atoms with E-state index in [0.717, 1.165) is 23.0 Å². The zero-order valence-corrected chi connectivity index (χ0v) is 12.6. The Morgan fingerprint density at radius 2 is 1.90 bits per heavy atom. The maximum absolute atomic E-state index is 4.23. The first-order valence-corrected chi connectivity index (χ1v) is 7.81. The Kier molecular flexibility index (Phi) is 4.31. The highest BCUT2D eigenvalue weighted by atomic mass is 32.2. The molecule has 1 aromatic carbocycles. The van der Waals surface area contributed by atoms with Crippen LogP contribution in [0.25, 0.3) is 5.69 Å². The van der Waals surface area contributed by atoms with Crippen molar-refractivity contribution in [2.24, 2.45) is 0 Å². The predicted molar refractivity (Wildman–Crippen MR) is 84.8 cm³/mol. The van der Waals surface area contributed by atoms with Crippen molar-refractivity contribution in [3.63, 3.8) is 0 Å². The van der Waals surface area contributed by atoms with Gasteiger partial charge >= 0.3 is 0 Å². The third-order valence-corrected chi connectivity index (χ3v) is 4.21. The van der Waals surface area contributed by atoms with Gasteiger partial charge in [-0.05, 0) is 42.7 Å². The molecule has 0 spiro atoms. The van der Waals surface area contributed by atoms with E-state index >= 15 is 0 Å². The first kappa shape index (κ1) is 13.8. The molecule has 4 nitrogen and oxygen atoms in total. The van der Waals surface area contributed by atoms with E-state index in [0.29, 0.717) is 0 Å². The highest BCUT2D eigenvalue weighted by Crippen LogP contribution is 2.22. The van der Waals surface area contributed by atoms with Crippen molar-refractivity contribution in [2.45, 2.75) is 18.5 Å². The summed E-state index contributed by atoms with van der Waals surface area (Å²) >= 11 is 1.72. The van der Waals surface area contributed by atoms with Crippen LogP contribution in [0.1, 0.15) is 11.1 Å². The Morgan fingerprint density at radius 1 is 1.10 bits per heavy atom. The molecule has 0 bridgehead atoms. The molecule has 0 radical (unpaired) electrons. The maximum atomic E-state index is 4.23. The molecule has 2 aromatic heterocycles. The van der Waals surface area contributed by atoms with Gasteiger partial charge in [-0.1, -0.05) is 30.0 Å². The summed E-state index contributed by atoms with van der Waals surface area (Å²) in [6.07, 6.45) is 6.43. The van der Waals surface area contributed by atoms with Gasteiger partial charge in [-0.25, -0.2) is 0 Å². The standard InChI is InChI=1S/C16H16N4S/c1-13-4-2-3-5-15(13)20-12-18-19-16(20)21-11-8-14-6-9-17-10-7-14/h2-7,9-10,12H,8,11H2,1H3. The number of aromatic nitrogens is 4. The molecule has 0 N–H and O–H groups in total. The minimum Gasteiger partial charge on any atom is -0.276 e. The van der Waals surface area contributed by atoms with E-state index in [1.54, 1.807) is 18.1 Å². The SMILES string of the molecule is Cc1ccccc1-n1cnnc1SCCc1ccncc1. The number of nitrogens with zero attached hydrogens (tertiary/aromatic N) is 4. The van der Waals surface area contributed by atoms with Gasteiger partial charge in [0.05, 0.1) is 5.69 Å². The topological polar surface area (TPSA) is 43.6 Å². The summed E-state index contributed by atoms with van der Waals surface area (Å²) in [5.74, 6) is 0.967. The van der Waals surface area contributed by atoms with Gasteiger partial charge in [0.25, 0.3) is 0 Å². The van der Waals surface area contributed by atoms with Gasteiger partial charge in [0, 0.05) is 18.1 Å². The van der Waals surface area contributed by atoms with Crippen LogP contribution >= 0.6 is 11.8 Å². The molecule has 0 fully saturated rings. The number of pyridine rings is 1. The summed E-state index contributed by atoms with van der Waals surface area (Å²) in [6.45, 7) is 2.10. The lowest BCUT2D eigenvalue weighted by atomic mass is 10.2. The van der Waals surface area contributed by atoms with E-state index < -0.39 is 0 Å². The lowest BCUT2D eigenvalue weighted by molar-refractivity contribution is 0.877.